The first-order chi connectivity index (χ1) is 10.6. The fourth-order valence-corrected chi connectivity index (χ4v) is 5.41. The van der Waals surface area contributed by atoms with Crippen molar-refractivity contribution in [2.24, 2.45) is 5.92 Å². The Morgan fingerprint density at radius 1 is 1.23 bits per heavy atom. The lowest BCUT2D eigenvalue weighted by atomic mass is 9.92. The normalized spacial score (nSPS) is 17.6. The minimum Gasteiger partial charge on any atom is -0.329 e. The summed E-state index contributed by atoms with van der Waals surface area (Å²) in [4.78, 5) is 13.7. The molecule has 0 aromatic carbocycles. The van der Waals surface area contributed by atoms with E-state index in [1.54, 1.807) is 28.0 Å². The molecule has 0 unspecified atom stereocenters. The lowest BCUT2D eigenvalue weighted by molar-refractivity contribution is 0.273. The number of H-pyrrole nitrogens is 1. The van der Waals surface area contributed by atoms with Crippen LogP contribution in [-0.4, -0.2) is 30.8 Å². The van der Waals surface area contributed by atoms with Crippen molar-refractivity contribution in [3.63, 3.8) is 0 Å². The molecule has 0 aliphatic carbocycles. The van der Waals surface area contributed by atoms with Crippen molar-refractivity contribution in [2.45, 2.75) is 23.5 Å². The number of hydrogen-bond acceptors (Lipinski definition) is 4. The second-order valence-electron chi connectivity index (χ2n) is 5.54. The van der Waals surface area contributed by atoms with Crippen LogP contribution in [-0.2, 0) is 16.4 Å². The molecule has 0 amide bonds. The molecule has 0 atom stereocenters. The first-order valence-electron chi connectivity index (χ1n) is 7.27. The molecule has 0 bridgehead atoms. The van der Waals surface area contributed by atoms with E-state index in [1.165, 1.54) is 17.4 Å². The highest BCUT2D eigenvalue weighted by molar-refractivity contribution is 7.91. The third-order valence-corrected chi connectivity index (χ3v) is 7.31. The quantitative estimate of drug-likeness (QED) is 0.928. The summed E-state index contributed by atoms with van der Waals surface area (Å²) in [6, 6.07) is 6.80. The van der Waals surface area contributed by atoms with Gasteiger partial charge in [-0.2, -0.15) is 4.31 Å². The third-order valence-electron chi connectivity index (χ3n) is 4.04. The predicted molar refractivity (Wildman–Crippen MR) is 86.6 cm³/mol. The Balaban J connectivity index is 1.61. The van der Waals surface area contributed by atoms with Crippen LogP contribution in [0.2, 0.25) is 0 Å². The van der Waals surface area contributed by atoms with Crippen molar-refractivity contribution in [3.05, 3.63) is 51.8 Å². The monoisotopic (exact) mass is 338 g/mol. The number of rotatable bonds is 4. The fraction of sp³-hybridized carbons (Fsp3) is 0.400. The zero-order chi connectivity index (χ0) is 15.6. The number of aromatic amines is 1. The maximum atomic E-state index is 12.4. The Labute approximate surface area is 133 Å². The van der Waals surface area contributed by atoms with Gasteiger partial charge in [-0.1, -0.05) is 12.1 Å². The topological polar surface area (TPSA) is 70.2 Å². The largest absolute Gasteiger partial charge is 0.329 e. The minimum atomic E-state index is -3.32. The number of piperidine rings is 1. The van der Waals surface area contributed by atoms with Crippen LogP contribution in [0.4, 0.5) is 0 Å². The maximum absolute atomic E-state index is 12.4. The molecule has 22 heavy (non-hydrogen) atoms. The van der Waals surface area contributed by atoms with Gasteiger partial charge in [0, 0.05) is 25.4 Å². The Morgan fingerprint density at radius 3 is 2.59 bits per heavy atom. The summed E-state index contributed by atoms with van der Waals surface area (Å²) in [7, 11) is -3.32. The van der Waals surface area contributed by atoms with Crippen molar-refractivity contribution >= 4 is 21.4 Å². The van der Waals surface area contributed by atoms with Gasteiger partial charge in [-0.05, 0) is 42.2 Å². The number of sulfonamides is 1. The Kier molecular flexibility index (Phi) is 4.46. The van der Waals surface area contributed by atoms with Crippen LogP contribution >= 0.6 is 11.3 Å². The highest BCUT2D eigenvalue weighted by atomic mass is 32.2. The number of nitrogens with one attached hydrogen (secondary N) is 1. The van der Waals surface area contributed by atoms with Crippen LogP contribution in [0, 0.1) is 5.92 Å². The van der Waals surface area contributed by atoms with Crippen LogP contribution in [0.1, 0.15) is 18.4 Å². The van der Waals surface area contributed by atoms with Gasteiger partial charge < -0.3 is 4.98 Å². The van der Waals surface area contributed by atoms with Gasteiger partial charge >= 0.3 is 0 Å². The van der Waals surface area contributed by atoms with Gasteiger partial charge in [-0.3, -0.25) is 4.79 Å². The van der Waals surface area contributed by atoms with Crippen molar-refractivity contribution in [3.8, 4) is 0 Å². The highest BCUT2D eigenvalue weighted by Crippen LogP contribution is 2.27. The molecular weight excluding hydrogens is 320 g/mol. The number of hydrogen-bond donors (Lipinski definition) is 1. The molecule has 1 aliphatic rings. The van der Waals surface area contributed by atoms with Crippen LogP contribution < -0.4 is 5.56 Å². The number of pyridine rings is 1. The molecule has 1 fully saturated rings. The van der Waals surface area contributed by atoms with Gasteiger partial charge in [-0.25, -0.2) is 8.42 Å². The molecule has 1 aliphatic heterocycles. The molecule has 1 saturated heterocycles. The summed E-state index contributed by atoms with van der Waals surface area (Å²) in [6.07, 6.45) is 4.33. The smallest absolute Gasteiger partial charge is 0.252 e. The van der Waals surface area contributed by atoms with E-state index >= 15 is 0 Å². The van der Waals surface area contributed by atoms with Crippen LogP contribution in [0.5, 0.6) is 0 Å². The summed E-state index contributed by atoms with van der Waals surface area (Å²) < 4.78 is 26.9. The first-order valence-corrected chi connectivity index (χ1v) is 9.59. The second kappa shape index (κ2) is 6.36. The van der Waals surface area contributed by atoms with E-state index in [4.69, 9.17) is 0 Å². The van der Waals surface area contributed by atoms with Crippen molar-refractivity contribution in [1.82, 2.24) is 9.29 Å². The first kappa shape index (κ1) is 15.5. The molecule has 0 saturated carbocycles. The van der Waals surface area contributed by atoms with Crippen LogP contribution in [0.3, 0.4) is 0 Å². The van der Waals surface area contributed by atoms with Gasteiger partial charge in [0.15, 0.2) is 0 Å². The standard InChI is InChI=1S/C15H18N2O3S2/c18-14-4-3-13(11-16-14)10-12-5-7-17(8-6-12)22(19,20)15-2-1-9-21-15/h1-4,9,11-12H,5-8,10H2,(H,16,18). The highest BCUT2D eigenvalue weighted by Gasteiger charge is 2.29. The number of thiophene rings is 1. The van der Waals surface area contributed by atoms with Crippen molar-refractivity contribution in [2.75, 3.05) is 13.1 Å². The Morgan fingerprint density at radius 2 is 2.00 bits per heavy atom. The Hall–Kier alpha value is -1.44. The fourth-order valence-electron chi connectivity index (χ4n) is 2.79. The van der Waals surface area contributed by atoms with Gasteiger partial charge in [0.2, 0.25) is 5.56 Å². The summed E-state index contributed by atoms with van der Waals surface area (Å²) in [6.45, 7) is 1.13. The third kappa shape index (κ3) is 3.31. The van der Waals surface area contributed by atoms with E-state index in [0.29, 0.717) is 23.2 Å². The van der Waals surface area contributed by atoms with Gasteiger partial charge in [0.25, 0.3) is 10.0 Å². The summed E-state index contributed by atoms with van der Waals surface area (Å²) >= 11 is 1.26. The number of aromatic nitrogens is 1. The summed E-state index contributed by atoms with van der Waals surface area (Å²) in [5, 5.41) is 1.79. The molecule has 3 heterocycles. The molecule has 7 heteroatoms. The van der Waals surface area contributed by atoms with Gasteiger partial charge in [-0.15, -0.1) is 11.3 Å². The average Bonchev–Trinajstić information content (AvgIpc) is 3.05. The lowest BCUT2D eigenvalue weighted by Crippen LogP contribution is -2.38. The average molecular weight is 338 g/mol. The van der Waals surface area contributed by atoms with E-state index < -0.39 is 10.0 Å². The van der Waals surface area contributed by atoms with E-state index in [9.17, 15) is 13.2 Å². The SMILES string of the molecule is O=c1ccc(CC2CCN(S(=O)(=O)c3cccs3)CC2)c[nH]1. The van der Waals surface area contributed by atoms with E-state index in [1.807, 2.05) is 6.07 Å². The molecular formula is C15H18N2O3S2. The molecule has 0 spiro atoms. The zero-order valence-corrected chi connectivity index (χ0v) is 13.7. The maximum Gasteiger partial charge on any atom is 0.252 e. The Bertz CT molecular complexity index is 753. The zero-order valence-electron chi connectivity index (χ0n) is 12.1. The van der Waals surface area contributed by atoms with Gasteiger partial charge in [0.05, 0.1) is 0 Å². The molecule has 5 nitrogen and oxygen atoms in total. The van der Waals surface area contributed by atoms with Crippen LogP contribution in [0.25, 0.3) is 0 Å². The molecule has 118 valence electrons. The molecule has 2 aromatic rings. The van der Waals surface area contributed by atoms with Gasteiger partial charge in [0.1, 0.15) is 4.21 Å². The van der Waals surface area contributed by atoms with Crippen molar-refractivity contribution < 1.29 is 8.42 Å². The van der Waals surface area contributed by atoms with E-state index in [2.05, 4.69) is 4.98 Å². The van der Waals surface area contributed by atoms with E-state index in [-0.39, 0.29) is 5.56 Å². The lowest BCUT2D eigenvalue weighted by Gasteiger charge is -2.30. The molecule has 1 N–H and O–H groups in total. The predicted octanol–water partition coefficient (Wildman–Crippen LogP) is 2.08. The minimum absolute atomic E-state index is 0.0967. The summed E-state index contributed by atoms with van der Waals surface area (Å²) in [5.74, 6) is 0.459. The van der Waals surface area contributed by atoms with Crippen molar-refractivity contribution in [1.29, 1.82) is 0 Å². The summed E-state index contributed by atoms with van der Waals surface area (Å²) in [5.41, 5.74) is 1.000. The van der Waals surface area contributed by atoms with Crippen LogP contribution in [0.15, 0.2) is 44.8 Å². The second-order valence-corrected chi connectivity index (χ2v) is 8.66. The molecule has 3 rings (SSSR count). The number of nitrogens with zero attached hydrogens (tertiary/aromatic N) is 1. The molecule has 0 radical (unpaired) electrons. The van der Waals surface area contributed by atoms with E-state index in [0.717, 1.165) is 24.8 Å². The molecule has 2 aromatic heterocycles.